The Kier molecular flexibility index (Phi) is 8.38. The Balaban J connectivity index is 1.69. The Hall–Kier alpha value is -4.46. The number of rotatable bonds is 6. The zero-order chi connectivity index (χ0) is 29.0. The van der Waals surface area contributed by atoms with Crippen LogP contribution in [0.3, 0.4) is 0 Å². The maximum absolute atomic E-state index is 13.4. The highest BCUT2D eigenvalue weighted by Crippen LogP contribution is 2.39. The molecule has 0 radical (unpaired) electrons. The number of carbonyl (C=O) groups is 1. The van der Waals surface area contributed by atoms with Crippen molar-refractivity contribution in [3.63, 3.8) is 0 Å². The number of aromatic hydroxyl groups is 1. The minimum absolute atomic E-state index is 0.00658. The minimum atomic E-state index is -4.70. The normalized spacial score (nSPS) is 11.1. The second kappa shape index (κ2) is 11.7. The van der Waals surface area contributed by atoms with Crippen molar-refractivity contribution in [3.8, 4) is 34.2 Å². The quantitative estimate of drug-likeness (QED) is 0.224. The number of alkyl carbamates (subject to hydrolysis) is 1. The smallest absolute Gasteiger partial charge is 0.416 e. The fraction of sp³-hybridized carbons (Fsp3) is 0.107. The Bertz CT molecular complexity index is 1680. The Labute approximate surface area is 235 Å². The number of phenolic OH excluding ortho intramolecular Hbond substituents is 1. The topological polar surface area (TPSA) is 115 Å². The number of nitrogens with one attached hydrogen (secondary N) is 2. The van der Waals surface area contributed by atoms with Gasteiger partial charge in [-0.3, -0.25) is 4.79 Å². The number of ether oxygens (including phenoxy) is 1. The van der Waals surface area contributed by atoms with Crippen LogP contribution in [0.25, 0.3) is 22.4 Å². The summed E-state index contributed by atoms with van der Waals surface area (Å²) < 4.78 is 45.2. The standard InChI is InChI=1S/C28H18Cl2F3N3O4/c29-18-8-16(13-35-27(39)40-14-15-4-2-1-3-5-15)25(37)21(10-18)24-11-19(22(12-34)26(38)36-24)20-9-17(28(31,32)33)6-7-23(20)30/h1-11,37H,13-14H2,(H,35,39)(H,36,38). The molecule has 0 aliphatic carbocycles. The number of alkyl halides is 3. The summed E-state index contributed by atoms with van der Waals surface area (Å²) in [5, 5.41) is 23.0. The van der Waals surface area contributed by atoms with Crippen LogP contribution in [0.1, 0.15) is 22.3 Å². The molecule has 0 atom stereocenters. The molecule has 0 fully saturated rings. The number of phenols is 1. The van der Waals surface area contributed by atoms with Crippen LogP contribution < -0.4 is 10.9 Å². The summed E-state index contributed by atoms with van der Waals surface area (Å²) in [5.74, 6) is -0.380. The van der Waals surface area contributed by atoms with Gasteiger partial charge in [0.1, 0.15) is 24.0 Å². The van der Waals surface area contributed by atoms with E-state index in [-0.39, 0.29) is 56.9 Å². The molecule has 4 rings (SSSR count). The Morgan fingerprint density at radius 2 is 1.75 bits per heavy atom. The van der Waals surface area contributed by atoms with Gasteiger partial charge in [-0.25, -0.2) is 4.79 Å². The molecule has 3 N–H and O–H groups in total. The number of aromatic nitrogens is 1. The third kappa shape index (κ3) is 6.39. The molecule has 204 valence electrons. The van der Waals surface area contributed by atoms with E-state index in [9.17, 15) is 33.1 Å². The number of hydrogen-bond acceptors (Lipinski definition) is 5. The van der Waals surface area contributed by atoms with Gasteiger partial charge in [-0.15, -0.1) is 0 Å². The van der Waals surface area contributed by atoms with Crippen molar-refractivity contribution in [2.24, 2.45) is 0 Å². The number of pyridine rings is 1. The molecular formula is C28H18Cl2F3N3O4. The summed E-state index contributed by atoms with van der Waals surface area (Å²) in [6.07, 6.45) is -5.47. The molecule has 1 aromatic heterocycles. The molecule has 0 spiro atoms. The molecule has 40 heavy (non-hydrogen) atoms. The van der Waals surface area contributed by atoms with Gasteiger partial charge in [0.05, 0.1) is 11.3 Å². The Morgan fingerprint density at radius 1 is 1.02 bits per heavy atom. The van der Waals surface area contributed by atoms with Crippen LogP contribution in [-0.2, 0) is 24.1 Å². The van der Waals surface area contributed by atoms with E-state index in [0.717, 1.165) is 23.8 Å². The van der Waals surface area contributed by atoms with Crippen LogP contribution in [-0.4, -0.2) is 16.2 Å². The summed E-state index contributed by atoms with van der Waals surface area (Å²) >= 11 is 12.4. The number of hydrogen-bond donors (Lipinski definition) is 3. The third-order valence-electron chi connectivity index (χ3n) is 5.81. The lowest BCUT2D eigenvalue weighted by Crippen LogP contribution is -2.23. The van der Waals surface area contributed by atoms with Gasteiger partial charge in [0.25, 0.3) is 5.56 Å². The maximum Gasteiger partial charge on any atom is 0.416 e. The van der Waals surface area contributed by atoms with Crippen molar-refractivity contribution < 1.29 is 27.8 Å². The molecule has 12 heteroatoms. The molecule has 3 aromatic carbocycles. The van der Waals surface area contributed by atoms with E-state index in [1.54, 1.807) is 30.3 Å². The molecule has 0 unspecified atom stereocenters. The average molecular weight is 588 g/mol. The lowest BCUT2D eigenvalue weighted by Gasteiger charge is -2.15. The van der Waals surface area contributed by atoms with Crippen molar-refractivity contribution in [1.29, 1.82) is 5.26 Å². The zero-order valence-electron chi connectivity index (χ0n) is 20.3. The number of aromatic amines is 1. The molecular weight excluding hydrogens is 570 g/mol. The number of nitriles is 1. The summed E-state index contributed by atoms with van der Waals surface area (Å²) in [5.41, 5.74) is -1.95. The lowest BCUT2D eigenvalue weighted by molar-refractivity contribution is -0.137. The second-order valence-corrected chi connectivity index (χ2v) is 9.33. The van der Waals surface area contributed by atoms with Gasteiger partial charge < -0.3 is 20.1 Å². The first-order valence-corrected chi connectivity index (χ1v) is 12.2. The van der Waals surface area contributed by atoms with Crippen molar-refractivity contribution in [2.45, 2.75) is 19.3 Å². The first kappa shape index (κ1) is 28.5. The van der Waals surface area contributed by atoms with Crippen LogP contribution in [0.2, 0.25) is 10.0 Å². The van der Waals surface area contributed by atoms with Crippen LogP contribution in [0.5, 0.6) is 5.75 Å². The number of benzene rings is 3. The number of amides is 1. The van der Waals surface area contributed by atoms with Crippen LogP contribution in [0, 0.1) is 11.3 Å². The molecule has 0 saturated carbocycles. The molecule has 0 saturated heterocycles. The van der Waals surface area contributed by atoms with Crippen molar-refractivity contribution >= 4 is 29.3 Å². The van der Waals surface area contributed by atoms with Gasteiger partial charge in [0.15, 0.2) is 0 Å². The van der Waals surface area contributed by atoms with Gasteiger partial charge in [-0.1, -0.05) is 53.5 Å². The summed E-state index contributed by atoms with van der Waals surface area (Å²) in [6, 6.07) is 17.1. The fourth-order valence-corrected chi connectivity index (χ4v) is 4.33. The molecule has 4 aromatic rings. The fourth-order valence-electron chi connectivity index (χ4n) is 3.87. The highest BCUT2D eigenvalue weighted by Gasteiger charge is 2.31. The van der Waals surface area contributed by atoms with Gasteiger partial charge in [-0.05, 0) is 42.0 Å². The second-order valence-electron chi connectivity index (χ2n) is 8.48. The van der Waals surface area contributed by atoms with Crippen LogP contribution >= 0.6 is 23.2 Å². The number of carbonyl (C=O) groups excluding carboxylic acids is 1. The predicted octanol–water partition coefficient (Wildman–Crippen LogP) is 7.04. The van der Waals surface area contributed by atoms with Crippen LogP contribution in [0.15, 0.2) is 71.5 Å². The van der Waals surface area contributed by atoms with Crippen molar-refractivity contribution in [3.05, 3.63) is 109 Å². The lowest BCUT2D eigenvalue weighted by atomic mass is 9.96. The van der Waals surface area contributed by atoms with Gasteiger partial charge in [-0.2, -0.15) is 18.4 Å². The molecule has 1 amide bonds. The van der Waals surface area contributed by atoms with Crippen molar-refractivity contribution in [2.75, 3.05) is 0 Å². The number of halogens is 5. The van der Waals surface area contributed by atoms with Gasteiger partial charge in [0.2, 0.25) is 0 Å². The van der Waals surface area contributed by atoms with Gasteiger partial charge in [0, 0.05) is 38.8 Å². The average Bonchev–Trinajstić information content (AvgIpc) is 2.92. The van der Waals surface area contributed by atoms with E-state index >= 15 is 0 Å². The minimum Gasteiger partial charge on any atom is -0.507 e. The van der Waals surface area contributed by atoms with Crippen LogP contribution in [0.4, 0.5) is 18.0 Å². The molecule has 0 aliphatic rings. The highest BCUT2D eigenvalue weighted by molar-refractivity contribution is 6.33. The van der Waals surface area contributed by atoms with E-state index in [0.29, 0.717) is 0 Å². The van der Waals surface area contributed by atoms with E-state index in [2.05, 4.69) is 10.3 Å². The van der Waals surface area contributed by atoms with E-state index in [1.165, 1.54) is 18.2 Å². The first-order chi connectivity index (χ1) is 19.0. The van der Waals surface area contributed by atoms with Crippen molar-refractivity contribution in [1.82, 2.24) is 10.3 Å². The van der Waals surface area contributed by atoms with Gasteiger partial charge >= 0.3 is 12.3 Å². The third-order valence-corrected chi connectivity index (χ3v) is 6.36. The largest absolute Gasteiger partial charge is 0.507 e. The summed E-state index contributed by atoms with van der Waals surface area (Å²) in [6.45, 7) is -0.188. The number of nitrogens with zero attached hydrogens (tertiary/aromatic N) is 1. The summed E-state index contributed by atoms with van der Waals surface area (Å²) in [7, 11) is 0. The Morgan fingerprint density at radius 3 is 2.42 bits per heavy atom. The zero-order valence-corrected chi connectivity index (χ0v) is 21.8. The molecule has 1 heterocycles. The molecule has 7 nitrogen and oxygen atoms in total. The SMILES string of the molecule is N#Cc1c(-c2cc(C(F)(F)F)ccc2Cl)cc(-c2cc(Cl)cc(CNC(=O)OCc3ccccc3)c2O)[nH]c1=O. The molecule has 0 aliphatic heterocycles. The van der Waals surface area contributed by atoms with E-state index in [4.69, 9.17) is 27.9 Å². The first-order valence-electron chi connectivity index (χ1n) is 11.5. The maximum atomic E-state index is 13.4. The highest BCUT2D eigenvalue weighted by atomic mass is 35.5. The van der Waals surface area contributed by atoms with E-state index < -0.39 is 29.0 Å². The molecule has 0 bridgehead atoms. The van der Waals surface area contributed by atoms with E-state index in [1.807, 2.05) is 6.07 Å². The predicted molar refractivity (Wildman–Crippen MR) is 143 cm³/mol. The number of H-pyrrole nitrogens is 1. The monoisotopic (exact) mass is 587 g/mol. The summed E-state index contributed by atoms with van der Waals surface area (Å²) in [4.78, 5) is 27.4.